The molecule has 20 heavy (non-hydrogen) atoms. The lowest BCUT2D eigenvalue weighted by atomic mass is 9.67. The van der Waals surface area contributed by atoms with Crippen molar-refractivity contribution in [3.63, 3.8) is 0 Å². The molecule has 2 saturated carbocycles. The fraction of sp³-hybridized carbons (Fsp3) is 0.941. The van der Waals surface area contributed by atoms with Crippen LogP contribution in [0, 0.1) is 17.8 Å². The first-order chi connectivity index (χ1) is 9.81. The molecule has 2 aliphatic carbocycles. The second-order valence-corrected chi connectivity index (χ2v) is 6.81. The van der Waals surface area contributed by atoms with E-state index in [2.05, 4.69) is 5.32 Å². The van der Waals surface area contributed by atoms with Crippen molar-refractivity contribution < 1.29 is 4.79 Å². The number of hydrogen-bond donors (Lipinski definition) is 2. The van der Waals surface area contributed by atoms with Gasteiger partial charge in [-0.3, -0.25) is 4.79 Å². The van der Waals surface area contributed by atoms with Gasteiger partial charge in [-0.15, -0.1) is 0 Å². The molecular formula is C17H32N2O. The van der Waals surface area contributed by atoms with Crippen LogP contribution in [0.1, 0.15) is 70.6 Å². The largest absolute Gasteiger partial charge is 0.356 e. The Hall–Kier alpha value is -0.570. The van der Waals surface area contributed by atoms with E-state index in [9.17, 15) is 4.79 Å². The van der Waals surface area contributed by atoms with Crippen molar-refractivity contribution in [2.75, 3.05) is 13.1 Å². The van der Waals surface area contributed by atoms with Crippen LogP contribution in [0.4, 0.5) is 0 Å². The number of nitrogens with two attached hydrogens (primary N) is 1. The van der Waals surface area contributed by atoms with Crippen molar-refractivity contribution in [2.24, 2.45) is 23.5 Å². The smallest absolute Gasteiger partial charge is 0.223 e. The summed E-state index contributed by atoms with van der Waals surface area (Å²) in [4.78, 5) is 12.2. The molecule has 3 unspecified atom stereocenters. The van der Waals surface area contributed by atoms with E-state index in [-0.39, 0.29) is 0 Å². The molecule has 1 amide bonds. The first-order valence-corrected chi connectivity index (χ1v) is 8.79. The highest BCUT2D eigenvalue weighted by Gasteiger charge is 2.34. The van der Waals surface area contributed by atoms with Crippen molar-refractivity contribution in [1.29, 1.82) is 0 Å². The maximum Gasteiger partial charge on any atom is 0.223 e. The Balaban J connectivity index is 1.60. The van der Waals surface area contributed by atoms with Gasteiger partial charge >= 0.3 is 0 Å². The normalized spacial score (nSPS) is 29.8. The van der Waals surface area contributed by atoms with Crippen molar-refractivity contribution in [3.05, 3.63) is 0 Å². The number of nitrogens with one attached hydrogen (secondary N) is 1. The van der Waals surface area contributed by atoms with Crippen LogP contribution in [0.2, 0.25) is 0 Å². The summed E-state index contributed by atoms with van der Waals surface area (Å²) in [6, 6.07) is 0. The Bertz CT molecular complexity index is 293. The highest BCUT2D eigenvalue weighted by Crippen LogP contribution is 2.42. The molecule has 0 heterocycles. The van der Waals surface area contributed by atoms with Crippen LogP contribution in [-0.2, 0) is 4.79 Å². The minimum Gasteiger partial charge on any atom is -0.356 e. The Morgan fingerprint density at radius 1 is 0.950 bits per heavy atom. The molecule has 0 spiro atoms. The van der Waals surface area contributed by atoms with Crippen LogP contribution in [0.15, 0.2) is 0 Å². The molecule has 2 rings (SSSR count). The van der Waals surface area contributed by atoms with Gasteiger partial charge < -0.3 is 11.1 Å². The van der Waals surface area contributed by atoms with Crippen molar-refractivity contribution in [2.45, 2.75) is 70.6 Å². The molecule has 0 aromatic rings. The highest BCUT2D eigenvalue weighted by atomic mass is 16.1. The Morgan fingerprint density at radius 3 is 2.50 bits per heavy atom. The third-order valence-corrected chi connectivity index (χ3v) is 5.34. The van der Waals surface area contributed by atoms with Crippen molar-refractivity contribution in [1.82, 2.24) is 5.32 Å². The van der Waals surface area contributed by atoms with Gasteiger partial charge in [0.05, 0.1) is 0 Å². The number of carbonyl (C=O) groups excluding carboxylic acids is 1. The molecule has 0 aliphatic heterocycles. The van der Waals surface area contributed by atoms with Crippen LogP contribution in [0.3, 0.4) is 0 Å². The fourth-order valence-electron chi connectivity index (χ4n) is 4.09. The molecule has 3 N–H and O–H groups in total. The predicted octanol–water partition coefficient (Wildman–Crippen LogP) is 3.23. The van der Waals surface area contributed by atoms with Crippen LogP contribution in [0.5, 0.6) is 0 Å². The molecule has 0 aromatic heterocycles. The van der Waals surface area contributed by atoms with Gasteiger partial charge in [-0.25, -0.2) is 0 Å². The second-order valence-electron chi connectivity index (χ2n) is 6.81. The summed E-state index contributed by atoms with van der Waals surface area (Å²) in [5, 5.41) is 3.15. The van der Waals surface area contributed by atoms with Crippen molar-refractivity contribution in [3.8, 4) is 0 Å². The minimum absolute atomic E-state index is 0.304. The molecule has 0 aromatic carbocycles. The monoisotopic (exact) mass is 280 g/mol. The molecular weight excluding hydrogens is 248 g/mol. The average Bonchev–Trinajstić information content (AvgIpc) is 2.50. The van der Waals surface area contributed by atoms with E-state index in [1.165, 1.54) is 44.9 Å². The SMILES string of the molecule is NCCCCCCNC(=O)C1CCC2CCCCC2C1. The van der Waals surface area contributed by atoms with Gasteiger partial charge in [0.15, 0.2) is 0 Å². The molecule has 116 valence electrons. The lowest BCUT2D eigenvalue weighted by Crippen LogP contribution is -2.37. The number of unbranched alkanes of at least 4 members (excludes halogenated alkanes) is 3. The van der Waals surface area contributed by atoms with Gasteiger partial charge in [0.1, 0.15) is 0 Å². The first kappa shape index (κ1) is 15.8. The Kier molecular flexibility index (Phi) is 6.85. The molecule has 3 heteroatoms. The molecule has 0 bridgehead atoms. The number of rotatable bonds is 7. The van der Waals surface area contributed by atoms with E-state index in [0.717, 1.165) is 50.6 Å². The van der Waals surface area contributed by atoms with Crippen LogP contribution in [0.25, 0.3) is 0 Å². The van der Waals surface area contributed by atoms with Gasteiger partial charge in [-0.1, -0.05) is 38.5 Å². The first-order valence-electron chi connectivity index (χ1n) is 8.79. The van der Waals surface area contributed by atoms with E-state index in [0.29, 0.717) is 11.8 Å². The standard InChI is InChI=1S/C17H32N2O/c18-11-5-1-2-6-12-19-17(20)16-10-9-14-7-3-4-8-15(14)13-16/h14-16H,1-13,18H2,(H,19,20). The average molecular weight is 280 g/mol. The van der Waals surface area contributed by atoms with E-state index >= 15 is 0 Å². The molecule has 3 nitrogen and oxygen atoms in total. The molecule has 2 fully saturated rings. The lowest BCUT2D eigenvalue weighted by Gasteiger charge is -2.38. The van der Waals surface area contributed by atoms with Crippen molar-refractivity contribution >= 4 is 5.91 Å². The zero-order valence-electron chi connectivity index (χ0n) is 12.9. The van der Waals surface area contributed by atoms with Gasteiger partial charge in [0.25, 0.3) is 0 Å². The lowest BCUT2D eigenvalue weighted by molar-refractivity contribution is -0.127. The summed E-state index contributed by atoms with van der Waals surface area (Å²) >= 11 is 0. The zero-order valence-corrected chi connectivity index (χ0v) is 12.9. The molecule has 2 aliphatic rings. The van der Waals surface area contributed by atoms with Gasteiger partial charge in [-0.05, 0) is 50.5 Å². The molecule has 3 atom stereocenters. The Morgan fingerprint density at radius 2 is 1.70 bits per heavy atom. The van der Waals surface area contributed by atoms with Gasteiger partial charge in [-0.2, -0.15) is 0 Å². The summed E-state index contributed by atoms with van der Waals surface area (Å²) in [6.45, 7) is 1.64. The topological polar surface area (TPSA) is 55.1 Å². The third-order valence-electron chi connectivity index (χ3n) is 5.34. The molecule has 0 saturated heterocycles. The summed E-state index contributed by atoms with van der Waals surface area (Å²) in [5.41, 5.74) is 5.47. The van der Waals surface area contributed by atoms with Crippen LogP contribution < -0.4 is 11.1 Å². The quantitative estimate of drug-likeness (QED) is 0.703. The van der Waals surface area contributed by atoms with E-state index < -0.39 is 0 Å². The van der Waals surface area contributed by atoms with E-state index in [4.69, 9.17) is 5.73 Å². The molecule has 0 radical (unpaired) electrons. The maximum absolute atomic E-state index is 12.2. The Labute approximate surface area is 124 Å². The number of fused-ring (bicyclic) bond motifs is 1. The maximum atomic E-state index is 12.2. The van der Waals surface area contributed by atoms with Crippen LogP contribution >= 0.6 is 0 Å². The summed E-state index contributed by atoms with van der Waals surface area (Å²) in [5.74, 6) is 2.41. The summed E-state index contributed by atoms with van der Waals surface area (Å²) in [6.07, 6.45) is 13.8. The fourth-order valence-corrected chi connectivity index (χ4v) is 4.09. The van der Waals surface area contributed by atoms with E-state index in [1.54, 1.807) is 0 Å². The van der Waals surface area contributed by atoms with Gasteiger partial charge in [0.2, 0.25) is 5.91 Å². The third kappa shape index (κ3) is 4.76. The second kappa shape index (κ2) is 8.66. The minimum atomic E-state index is 0.304. The predicted molar refractivity (Wildman–Crippen MR) is 83.3 cm³/mol. The van der Waals surface area contributed by atoms with Gasteiger partial charge in [0, 0.05) is 12.5 Å². The van der Waals surface area contributed by atoms with Crippen LogP contribution in [-0.4, -0.2) is 19.0 Å². The zero-order chi connectivity index (χ0) is 14.2. The highest BCUT2D eigenvalue weighted by molar-refractivity contribution is 5.78. The summed E-state index contributed by atoms with van der Waals surface area (Å²) in [7, 11) is 0. The number of carbonyl (C=O) groups is 1. The van der Waals surface area contributed by atoms with E-state index in [1.807, 2.05) is 0 Å². The number of amides is 1. The summed E-state index contributed by atoms with van der Waals surface area (Å²) < 4.78 is 0. The number of hydrogen-bond acceptors (Lipinski definition) is 2.